The van der Waals surface area contributed by atoms with Crippen LogP contribution in [0.15, 0.2) is 23.1 Å². The summed E-state index contributed by atoms with van der Waals surface area (Å²) in [5.41, 5.74) is 1.03. The number of carbonyl (C=O) groups is 1. The van der Waals surface area contributed by atoms with E-state index in [1.807, 2.05) is 25.1 Å². The maximum Gasteiger partial charge on any atom is 0.127 e. The van der Waals surface area contributed by atoms with Crippen LogP contribution in [0.4, 0.5) is 0 Å². The van der Waals surface area contributed by atoms with E-state index in [0.717, 1.165) is 20.3 Å². The van der Waals surface area contributed by atoms with E-state index in [4.69, 9.17) is 0 Å². The van der Waals surface area contributed by atoms with Crippen molar-refractivity contribution in [1.29, 1.82) is 0 Å². The highest BCUT2D eigenvalue weighted by molar-refractivity contribution is 14.1. The molecule has 0 bridgehead atoms. The van der Waals surface area contributed by atoms with Gasteiger partial charge in [-0.1, -0.05) is 6.92 Å². The molecule has 64 valence electrons. The van der Waals surface area contributed by atoms with Crippen LogP contribution in [0.3, 0.4) is 0 Å². The summed E-state index contributed by atoms with van der Waals surface area (Å²) < 4.78 is 1.11. The van der Waals surface area contributed by atoms with Crippen LogP contribution in [0.5, 0.6) is 0 Å². The lowest BCUT2D eigenvalue weighted by Gasteiger charge is -2.05. The number of carbonyl (C=O) groups excluding carboxylic acids is 1. The first-order valence-corrected chi connectivity index (χ1v) is 5.11. The second-order valence-electron chi connectivity index (χ2n) is 2.67. The van der Waals surface area contributed by atoms with Crippen molar-refractivity contribution >= 4 is 41.5 Å². The lowest BCUT2D eigenvalue weighted by molar-refractivity contribution is -0.108. The Labute approximate surface area is 91.1 Å². The summed E-state index contributed by atoms with van der Waals surface area (Å²) >= 11 is 6.45. The molecule has 1 nitrogen and oxygen atoms in total. The van der Waals surface area contributed by atoms with Crippen LogP contribution in [-0.2, 0) is 4.79 Å². The molecule has 0 radical (unpaired) electrons. The van der Waals surface area contributed by atoms with E-state index in [-0.39, 0.29) is 5.92 Å². The first-order valence-electron chi connectivity index (χ1n) is 3.58. The number of halogens is 1. The van der Waals surface area contributed by atoms with Gasteiger partial charge < -0.3 is 4.79 Å². The number of hydrogen-bond acceptors (Lipinski definition) is 2. The summed E-state index contributed by atoms with van der Waals surface area (Å²) in [4.78, 5) is 11.4. The smallest absolute Gasteiger partial charge is 0.127 e. The Bertz CT molecular complexity index is 278. The maximum atomic E-state index is 10.5. The number of rotatable bonds is 2. The van der Waals surface area contributed by atoms with E-state index in [2.05, 4.69) is 35.2 Å². The van der Waals surface area contributed by atoms with Gasteiger partial charge in [-0.2, -0.15) is 0 Å². The molecule has 12 heavy (non-hydrogen) atoms. The van der Waals surface area contributed by atoms with E-state index < -0.39 is 0 Å². The molecule has 1 aromatic rings. The molecule has 0 aliphatic heterocycles. The molecule has 1 rings (SSSR count). The molecule has 0 saturated heterocycles. The van der Waals surface area contributed by atoms with Gasteiger partial charge in [0.15, 0.2) is 0 Å². The monoisotopic (exact) mass is 292 g/mol. The summed E-state index contributed by atoms with van der Waals surface area (Å²) in [7, 11) is 0. The van der Waals surface area contributed by atoms with Gasteiger partial charge in [-0.05, 0) is 46.4 Å². The number of aldehydes is 1. The van der Waals surface area contributed by atoms with Crippen LogP contribution in [0.1, 0.15) is 18.4 Å². The molecule has 0 fully saturated rings. The molecule has 0 aliphatic carbocycles. The van der Waals surface area contributed by atoms with Crippen molar-refractivity contribution in [1.82, 2.24) is 0 Å². The third kappa shape index (κ3) is 2.48. The molecule has 0 aliphatic rings. The Morgan fingerprint density at radius 1 is 1.50 bits per heavy atom. The van der Waals surface area contributed by atoms with Gasteiger partial charge in [-0.3, -0.25) is 0 Å². The minimum atomic E-state index is -0.0365. The summed E-state index contributed by atoms with van der Waals surface area (Å²) in [6.45, 7) is 1.88. The Morgan fingerprint density at radius 2 is 2.17 bits per heavy atom. The molecular weight excluding hydrogens is 283 g/mol. The number of thiol groups is 1. The van der Waals surface area contributed by atoms with Crippen LogP contribution in [0.25, 0.3) is 0 Å². The van der Waals surface area contributed by atoms with Gasteiger partial charge in [0.25, 0.3) is 0 Å². The van der Waals surface area contributed by atoms with Gasteiger partial charge in [-0.15, -0.1) is 12.6 Å². The van der Waals surface area contributed by atoms with Gasteiger partial charge in [-0.25, -0.2) is 0 Å². The molecule has 0 heterocycles. The lowest BCUT2D eigenvalue weighted by atomic mass is 10.0. The Morgan fingerprint density at radius 3 is 2.67 bits per heavy atom. The van der Waals surface area contributed by atoms with E-state index in [0.29, 0.717) is 0 Å². The second kappa shape index (κ2) is 4.28. The average Bonchev–Trinajstić information content (AvgIpc) is 2.01. The van der Waals surface area contributed by atoms with Gasteiger partial charge in [0.05, 0.1) is 0 Å². The standard InChI is InChI=1S/C9H9IOS/c1-6(5-11)7-2-8(10)4-9(12)3-7/h2-6,12H,1H3. The molecule has 0 aromatic heterocycles. The summed E-state index contributed by atoms with van der Waals surface area (Å²) in [5.74, 6) is -0.0365. The van der Waals surface area contributed by atoms with E-state index in [1.165, 1.54) is 0 Å². The first-order chi connectivity index (χ1) is 5.63. The third-order valence-corrected chi connectivity index (χ3v) is 2.52. The maximum absolute atomic E-state index is 10.5. The average molecular weight is 292 g/mol. The largest absolute Gasteiger partial charge is 0.303 e. The highest BCUT2D eigenvalue weighted by atomic mass is 127. The summed E-state index contributed by atoms with van der Waals surface area (Å²) in [6.07, 6.45) is 0.943. The zero-order valence-corrected chi connectivity index (χ0v) is 9.67. The number of hydrogen-bond donors (Lipinski definition) is 1. The van der Waals surface area contributed by atoms with Gasteiger partial charge in [0.1, 0.15) is 6.29 Å². The SMILES string of the molecule is CC(C=O)c1cc(S)cc(I)c1. The van der Waals surface area contributed by atoms with Crippen molar-refractivity contribution in [3.63, 3.8) is 0 Å². The van der Waals surface area contributed by atoms with Crippen molar-refractivity contribution in [2.24, 2.45) is 0 Å². The topological polar surface area (TPSA) is 17.1 Å². The molecule has 0 N–H and O–H groups in total. The third-order valence-electron chi connectivity index (χ3n) is 1.63. The predicted octanol–water partition coefficient (Wildman–Crippen LogP) is 2.88. The van der Waals surface area contributed by atoms with Crippen molar-refractivity contribution in [2.75, 3.05) is 0 Å². The fourth-order valence-corrected chi connectivity index (χ4v) is 2.17. The Hall–Kier alpha value is -0.0300. The quantitative estimate of drug-likeness (QED) is 0.504. The molecular formula is C9H9IOS. The number of benzene rings is 1. The minimum Gasteiger partial charge on any atom is -0.303 e. The highest BCUT2D eigenvalue weighted by Crippen LogP contribution is 2.20. The zero-order valence-electron chi connectivity index (χ0n) is 6.62. The lowest BCUT2D eigenvalue weighted by Crippen LogP contribution is -1.94. The Kier molecular flexibility index (Phi) is 3.58. The highest BCUT2D eigenvalue weighted by Gasteiger charge is 2.04. The summed E-state index contributed by atoms with van der Waals surface area (Å²) in [6, 6.07) is 5.88. The second-order valence-corrected chi connectivity index (χ2v) is 4.43. The molecule has 3 heteroatoms. The van der Waals surface area contributed by atoms with Crippen LogP contribution in [-0.4, -0.2) is 6.29 Å². The molecule has 1 unspecified atom stereocenters. The van der Waals surface area contributed by atoms with Crippen LogP contribution in [0.2, 0.25) is 0 Å². The van der Waals surface area contributed by atoms with Gasteiger partial charge in [0.2, 0.25) is 0 Å². The minimum absolute atomic E-state index is 0.0365. The van der Waals surface area contributed by atoms with Gasteiger partial charge >= 0.3 is 0 Å². The van der Waals surface area contributed by atoms with Crippen molar-refractivity contribution in [3.05, 3.63) is 27.3 Å². The predicted molar refractivity (Wildman–Crippen MR) is 60.9 cm³/mol. The summed E-state index contributed by atoms with van der Waals surface area (Å²) in [5, 5.41) is 0. The normalized spacial score (nSPS) is 12.6. The van der Waals surface area contributed by atoms with E-state index in [1.54, 1.807) is 0 Å². The van der Waals surface area contributed by atoms with Crippen molar-refractivity contribution in [2.45, 2.75) is 17.7 Å². The van der Waals surface area contributed by atoms with E-state index in [9.17, 15) is 4.79 Å². The van der Waals surface area contributed by atoms with Gasteiger partial charge in [0, 0.05) is 14.4 Å². The van der Waals surface area contributed by atoms with Crippen molar-refractivity contribution in [3.8, 4) is 0 Å². The fraction of sp³-hybridized carbons (Fsp3) is 0.222. The van der Waals surface area contributed by atoms with Crippen LogP contribution >= 0.6 is 35.2 Å². The molecule has 1 atom stereocenters. The Balaban J connectivity index is 3.08. The molecule has 0 amide bonds. The van der Waals surface area contributed by atoms with Crippen LogP contribution < -0.4 is 0 Å². The van der Waals surface area contributed by atoms with Crippen LogP contribution in [0, 0.1) is 3.57 Å². The fourth-order valence-electron chi connectivity index (χ4n) is 0.938. The van der Waals surface area contributed by atoms with Crippen molar-refractivity contribution < 1.29 is 4.79 Å². The molecule has 0 saturated carbocycles. The molecule has 1 aromatic carbocycles. The van der Waals surface area contributed by atoms with E-state index >= 15 is 0 Å². The molecule has 0 spiro atoms. The first kappa shape index (κ1) is 10.1. The zero-order chi connectivity index (χ0) is 9.14.